The number of aromatic amines is 1. The molecular formula is C20H21N3O3S2. The van der Waals surface area contributed by atoms with Crippen molar-refractivity contribution in [2.45, 2.75) is 30.8 Å². The molecule has 0 saturated carbocycles. The molecule has 1 aliphatic carbocycles. The van der Waals surface area contributed by atoms with E-state index in [-0.39, 0.29) is 17.2 Å². The second kappa shape index (κ2) is 8.36. The smallest absolute Gasteiger partial charge is 0.260 e. The fraction of sp³-hybridized carbons (Fsp3) is 0.350. The van der Waals surface area contributed by atoms with Crippen molar-refractivity contribution >= 4 is 39.2 Å². The molecular weight excluding hydrogens is 394 g/mol. The Morgan fingerprint density at radius 2 is 2.14 bits per heavy atom. The zero-order valence-corrected chi connectivity index (χ0v) is 17.2. The summed E-state index contributed by atoms with van der Waals surface area (Å²) in [6.45, 7) is 0.562. The molecule has 1 amide bonds. The predicted octanol–water partition coefficient (Wildman–Crippen LogP) is 2.93. The van der Waals surface area contributed by atoms with Gasteiger partial charge in [-0.25, -0.2) is 4.98 Å². The highest BCUT2D eigenvalue weighted by atomic mass is 32.2. The first-order valence-electron chi connectivity index (χ1n) is 9.21. The molecule has 2 N–H and O–H groups in total. The molecule has 0 fully saturated rings. The molecule has 0 unspecified atom stereocenters. The highest BCUT2D eigenvalue weighted by Gasteiger charge is 2.21. The van der Waals surface area contributed by atoms with E-state index in [1.807, 2.05) is 24.3 Å². The fourth-order valence-electron chi connectivity index (χ4n) is 3.37. The van der Waals surface area contributed by atoms with E-state index < -0.39 is 0 Å². The average molecular weight is 416 g/mol. The third kappa shape index (κ3) is 4.07. The number of methoxy groups -OCH3 is 1. The molecule has 6 nitrogen and oxygen atoms in total. The van der Waals surface area contributed by atoms with Crippen molar-refractivity contribution in [2.24, 2.45) is 0 Å². The number of nitrogens with one attached hydrogen (secondary N) is 2. The van der Waals surface area contributed by atoms with Gasteiger partial charge in [0.15, 0.2) is 5.16 Å². The number of aromatic nitrogens is 2. The van der Waals surface area contributed by atoms with E-state index in [2.05, 4.69) is 15.3 Å². The molecule has 3 aromatic rings. The maximum absolute atomic E-state index is 12.4. The Morgan fingerprint density at radius 3 is 2.93 bits per heavy atom. The van der Waals surface area contributed by atoms with E-state index in [1.165, 1.54) is 22.2 Å². The molecule has 0 aliphatic heterocycles. The minimum Gasteiger partial charge on any atom is -0.497 e. The molecule has 2 heterocycles. The number of hydrogen-bond acceptors (Lipinski definition) is 6. The first kappa shape index (κ1) is 19.0. The predicted molar refractivity (Wildman–Crippen MR) is 113 cm³/mol. The summed E-state index contributed by atoms with van der Waals surface area (Å²) in [6, 6.07) is 7.79. The zero-order valence-electron chi connectivity index (χ0n) is 15.5. The second-order valence-electron chi connectivity index (χ2n) is 6.65. The number of thiophene rings is 1. The molecule has 1 aromatic carbocycles. The molecule has 0 atom stereocenters. The molecule has 0 radical (unpaired) electrons. The minimum absolute atomic E-state index is 0.0741. The highest BCUT2D eigenvalue weighted by molar-refractivity contribution is 7.99. The lowest BCUT2D eigenvalue weighted by molar-refractivity contribution is -0.118. The van der Waals surface area contributed by atoms with Gasteiger partial charge < -0.3 is 15.0 Å². The standard InChI is InChI=1S/C20H21N3O3S2/c1-26-13-7-5-12(6-8-13)9-10-21-16(24)11-27-20-22-18(25)17-14-3-2-4-15(14)28-19(17)23-20/h5-8H,2-4,9-11H2,1H3,(H,21,24)(H,22,23,25). The number of rotatable bonds is 7. The molecule has 0 spiro atoms. The van der Waals surface area contributed by atoms with Crippen molar-refractivity contribution in [1.82, 2.24) is 15.3 Å². The van der Waals surface area contributed by atoms with Crippen LogP contribution in [0, 0.1) is 0 Å². The van der Waals surface area contributed by atoms with Crippen molar-refractivity contribution in [3.8, 4) is 5.75 Å². The molecule has 2 aromatic heterocycles. The molecule has 146 valence electrons. The van der Waals surface area contributed by atoms with E-state index in [0.717, 1.165) is 47.2 Å². The number of carbonyl (C=O) groups excluding carboxylic acids is 1. The van der Waals surface area contributed by atoms with Crippen molar-refractivity contribution < 1.29 is 9.53 Å². The summed E-state index contributed by atoms with van der Waals surface area (Å²) in [7, 11) is 1.64. The maximum Gasteiger partial charge on any atom is 0.260 e. The Balaban J connectivity index is 1.30. The van der Waals surface area contributed by atoms with Crippen LogP contribution in [0.4, 0.5) is 0 Å². The van der Waals surface area contributed by atoms with Gasteiger partial charge in [-0.2, -0.15) is 0 Å². The number of benzene rings is 1. The minimum atomic E-state index is -0.0909. The second-order valence-corrected chi connectivity index (χ2v) is 8.69. The first-order chi connectivity index (χ1) is 13.6. The third-order valence-corrected chi connectivity index (χ3v) is 6.85. The zero-order chi connectivity index (χ0) is 19.5. The number of thioether (sulfide) groups is 1. The van der Waals surface area contributed by atoms with Gasteiger partial charge in [0.2, 0.25) is 5.91 Å². The SMILES string of the molecule is COc1ccc(CCNC(=O)CSc2nc3sc4c(c3c(=O)[nH]2)CCC4)cc1. The van der Waals surface area contributed by atoms with Crippen LogP contribution < -0.4 is 15.6 Å². The number of fused-ring (bicyclic) bond motifs is 3. The summed E-state index contributed by atoms with van der Waals surface area (Å²) in [5.41, 5.74) is 2.21. The van der Waals surface area contributed by atoms with Gasteiger partial charge in [-0.05, 0) is 48.9 Å². The summed E-state index contributed by atoms with van der Waals surface area (Å²) in [6.07, 6.45) is 3.87. The van der Waals surface area contributed by atoms with Crippen molar-refractivity contribution in [1.29, 1.82) is 0 Å². The normalized spacial score (nSPS) is 12.9. The summed E-state index contributed by atoms with van der Waals surface area (Å²) in [5, 5.41) is 4.15. The van der Waals surface area contributed by atoms with Crippen LogP contribution >= 0.6 is 23.1 Å². The van der Waals surface area contributed by atoms with Crippen molar-refractivity contribution in [2.75, 3.05) is 19.4 Å². The van der Waals surface area contributed by atoms with Crippen LogP contribution in [0.15, 0.2) is 34.2 Å². The Morgan fingerprint density at radius 1 is 1.32 bits per heavy atom. The lowest BCUT2D eigenvalue weighted by Crippen LogP contribution is -2.27. The van der Waals surface area contributed by atoms with Crippen molar-refractivity contribution in [3.05, 3.63) is 50.6 Å². The van der Waals surface area contributed by atoms with Crippen LogP contribution in [0.5, 0.6) is 5.75 Å². The number of ether oxygens (including phenoxy) is 1. The van der Waals surface area contributed by atoms with Gasteiger partial charge in [0.1, 0.15) is 10.6 Å². The lowest BCUT2D eigenvalue weighted by Gasteiger charge is -2.06. The van der Waals surface area contributed by atoms with E-state index in [0.29, 0.717) is 11.7 Å². The van der Waals surface area contributed by atoms with Gasteiger partial charge in [-0.1, -0.05) is 23.9 Å². The summed E-state index contributed by atoms with van der Waals surface area (Å²) < 4.78 is 5.14. The molecule has 1 aliphatic rings. The number of nitrogens with zero attached hydrogens (tertiary/aromatic N) is 1. The number of hydrogen-bond donors (Lipinski definition) is 2. The number of H-pyrrole nitrogens is 1. The first-order valence-corrected chi connectivity index (χ1v) is 11.0. The van der Waals surface area contributed by atoms with E-state index >= 15 is 0 Å². The van der Waals surface area contributed by atoms with Crippen LogP contribution in [0.2, 0.25) is 0 Å². The average Bonchev–Trinajstić information content (AvgIpc) is 3.27. The molecule has 4 rings (SSSR count). The molecule has 8 heteroatoms. The maximum atomic E-state index is 12.4. The van der Waals surface area contributed by atoms with E-state index in [1.54, 1.807) is 18.4 Å². The van der Waals surface area contributed by atoms with Crippen LogP contribution in [-0.2, 0) is 24.1 Å². The van der Waals surface area contributed by atoms with Gasteiger partial charge in [-0.3, -0.25) is 9.59 Å². The van der Waals surface area contributed by atoms with E-state index in [9.17, 15) is 9.59 Å². The Bertz CT molecular complexity index is 1060. The summed E-state index contributed by atoms with van der Waals surface area (Å²) >= 11 is 2.87. The monoisotopic (exact) mass is 415 g/mol. The van der Waals surface area contributed by atoms with Crippen LogP contribution in [0.25, 0.3) is 10.2 Å². The largest absolute Gasteiger partial charge is 0.497 e. The van der Waals surface area contributed by atoms with Gasteiger partial charge in [0, 0.05) is 11.4 Å². The van der Waals surface area contributed by atoms with Gasteiger partial charge >= 0.3 is 0 Å². The highest BCUT2D eigenvalue weighted by Crippen LogP contribution is 2.35. The lowest BCUT2D eigenvalue weighted by atomic mass is 10.1. The van der Waals surface area contributed by atoms with Gasteiger partial charge in [0.25, 0.3) is 5.56 Å². The van der Waals surface area contributed by atoms with Crippen LogP contribution in [0.3, 0.4) is 0 Å². The fourth-order valence-corrected chi connectivity index (χ4v) is 5.38. The van der Waals surface area contributed by atoms with Crippen molar-refractivity contribution in [3.63, 3.8) is 0 Å². The van der Waals surface area contributed by atoms with Crippen LogP contribution in [0.1, 0.15) is 22.4 Å². The molecule has 0 bridgehead atoms. The number of carbonyl (C=O) groups is 1. The summed E-state index contributed by atoms with van der Waals surface area (Å²) in [4.78, 5) is 34.0. The molecule has 0 saturated heterocycles. The quantitative estimate of drug-likeness (QED) is 0.458. The van der Waals surface area contributed by atoms with Gasteiger partial charge in [0.05, 0.1) is 18.2 Å². The summed E-state index contributed by atoms with van der Waals surface area (Å²) in [5.74, 6) is 0.968. The Hall–Kier alpha value is -2.32. The Kier molecular flexibility index (Phi) is 5.68. The topological polar surface area (TPSA) is 84.1 Å². The number of amides is 1. The third-order valence-electron chi connectivity index (χ3n) is 4.79. The number of aryl methyl sites for hydroxylation is 2. The van der Waals surface area contributed by atoms with E-state index in [4.69, 9.17) is 4.74 Å². The van der Waals surface area contributed by atoms with Gasteiger partial charge in [-0.15, -0.1) is 11.3 Å². The Labute approximate surface area is 170 Å². The van der Waals surface area contributed by atoms with Crippen LogP contribution in [-0.4, -0.2) is 35.3 Å². The molecule has 28 heavy (non-hydrogen) atoms.